The zero-order chi connectivity index (χ0) is 11.3. The molecule has 15 heavy (non-hydrogen) atoms. The molecule has 0 bridgehead atoms. The van der Waals surface area contributed by atoms with E-state index in [1.165, 1.54) is 12.8 Å². The highest BCUT2D eigenvalue weighted by atomic mass is 19.1. The van der Waals surface area contributed by atoms with Crippen LogP contribution in [0.5, 0.6) is 0 Å². The maximum Gasteiger partial charge on any atom is 0.0906 e. The fourth-order valence-corrected chi connectivity index (χ4v) is 2.22. The van der Waals surface area contributed by atoms with Crippen molar-refractivity contribution in [2.75, 3.05) is 26.4 Å². The van der Waals surface area contributed by atoms with E-state index in [1.54, 1.807) is 0 Å². The fraction of sp³-hybridized carbons (Fsp3) is 1.00. The SMILES string of the molecule is CC(C)OCC1(C)CCCN1CCCF. The maximum atomic E-state index is 12.2. The highest BCUT2D eigenvalue weighted by molar-refractivity contribution is 4.91. The van der Waals surface area contributed by atoms with Crippen molar-refractivity contribution in [1.82, 2.24) is 4.90 Å². The van der Waals surface area contributed by atoms with Gasteiger partial charge in [0.1, 0.15) is 0 Å². The molecule has 1 heterocycles. The van der Waals surface area contributed by atoms with Gasteiger partial charge in [0.2, 0.25) is 0 Å². The van der Waals surface area contributed by atoms with Gasteiger partial charge in [-0.2, -0.15) is 0 Å². The quantitative estimate of drug-likeness (QED) is 0.678. The molecule has 1 unspecified atom stereocenters. The molecule has 0 aliphatic carbocycles. The van der Waals surface area contributed by atoms with Crippen molar-refractivity contribution in [2.24, 2.45) is 0 Å². The maximum absolute atomic E-state index is 12.2. The second-order valence-corrected chi connectivity index (χ2v) is 4.99. The van der Waals surface area contributed by atoms with Crippen LogP contribution in [0.4, 0.5) is 4.39 Å². The molecule has 0 aromatic carbocycles. The van der Waals surface area contributed by atoms with Gasteiger partial charge in [-0.25, -0.2) is 0 Å². The predicted molar refractivity (Wildman–Crippen MR) is 60.9 cm³/mol. The van der Waals surface area contributed by atoms with Crippen LogP contribution in [-0.4, -0.2) is 42.9 Å². The minimum atomic E-state index is -0.211. The lowest BCUT2D eigenvalue weighted by atomic mass is 10.00. The van der Waals surface area contributed by atoms with Gasteiger partial charge in [-0.05, 0) is 46.6 Å². The number of hydrogen-bond donors (Lipinski definition) is 0. The molecule has 0 saturated carbocycles. The number of hydrogen-bond acceptors (Lipinski definition) is 2. The van der Waals surface area contributed by atoms with E-state index in [0.29, 0.717) is 6.42 Å². The highest BCUT2D eigenvalue weighted by Gasteiger charge is 2.36. The molecule has 90 valence electrons. The summed E-state index contributed by atoms with van der Waals surface area (Å²) in [5.41, 5.74) is 0.138. The molecule has 0 N–H and O–H groups in total. The van der Waals surface area contributed by atoms with Gasteiger partial charge in [-0.15, -0.1) is 0 Å². The minimum Gasteiger partial charge on any atom is -0.377 e. The fourth-order valence-electron chi connectivity index (χ4n) is 2.22. The second kappa shape index (κ2) is 5.80. The van der Waals surface area contributed by atoms with Gasteiger partial charge in [-0.1, -0.05) is 0 Å². The van der Waals surface area contributed by atoms with Crippen molar-refractivity contribution >= 4 is 0 Å². The van der Waals surface area contributed by atoms with Gasteiger partial charge < -0.3 is 4.74 Å². The molecule has 1 atom stereocenters. The van der Waals surface area contributed by atoms with E-state index < -0.39 is 0 Å². The second-order valence-electron chi connectivity index (χ2n) is 4.99. The van der Waals surface area contributed by atoms with Gasteiger partial charge in [-0.3, -0.25) is 9.29 Å². The summed E-state index contributed by atoms with van der Waals surface area (Å²) in [5.74, 6) is 0. The molecule has 1 fully saturated rings. The molecule has 0 aromatic rings. The Morgan fingerprint density at radius 2 is 2.20 bits per heavy atom. The van der Waals surface area contributed by atoms with E-state index in [2.05, 4.69) is 25.7 Å². The number of alkyl halides is 1. The van der Waals surface area contributed by atoms with Crippen molar-refractivity contribution in [2.45, 2.75) is 51.7 Å². The van der Waals surface area contributed by atoms with E-state index >= 15 is 0 Å². The first-order valence-electron chi connectivity index (χ1n) is 6.01. The summed E-state index contributed by atoms with van der Waals surface area (Å²) in [7, 11) is 0. The lowest BCUT2D eigenvalue weighted by Gasteiger charge is -2.35. The Hall–Kier alpha value is -0.150. The number of nitrogens with zero attached hydrogens (tertiary/aromatic N) is 1. The van der Waals surface area contributed by atoms with Crippen LogP contribution in [0.25, 0.3) is 0 Å². The number of halogens is 1. The molecule has 2 nitrogen and oxygen atoms in total. The Morgan fingerprint density at radius 1 is 1.47 bits per heavy atom. The summed E-state index contributed by atoms with van der Waals surface area (Å²) in [6.45, 7) is 8.88. The van der Waals surface area contributed by atoms with E-state index in [-0.39, 0.29) is 18.3 Å². The smallest absolute Gasteiger partial charge is 0.0906 e. The molecule has 0 spiro atoms. The van der Waals surface area contributed by atoms with Crippen LogP contribution in [0, 0.1) is 0 Å². The molecule has 1 aliphatic rings. The lowest BCUT2D eigenvalue weighted by Crippen LogP contribution is -2.46. The van der Waals surface area contributed by atoms with Crippen LogP contribution in [0.15, 0.2) is 0 Å². The van der Waals surface area contributed by atoms with Crippen molar-refractivity contribution in [3.05, 3.63) is 0 Å². The third kappa shape index (κ3) is 3.72. The van der Waals surface area contributed by atoms with Crippen molar-refractivity contribution < 1.29 is 9.13 Å². The van der Waals surface area contributed by atoms with Crippen molar-refractivity contribution in [3.63, 3.8) is 0 Å². The van der Waals surface area contributed by atoms with Crippen LogP contribution in [0.1, 0.15) is 40.0 Å². The largest absolute Gasteiger partial charge is 0.377 e. The molecule has 0 aromatic heterocycles. The molecule has 0 amide bonds. The summed E-state index contributed by atoms with van der Waals surface area (Å²) in [5, 5.41) is 0. The van der Waals surface area contributed by atoms with Gasteiger partial charge in [0.25, 0.3) is 0 Å². The number of likely N-dealkylation sites (tertiary alicyclic amines) is 1. The Labute approximate surface area is 92.8 Å². The first-order valence-corrected chi connectivity index (χ1v) is 6.01. The number of rotatable bonds is 6. The van der Waals surface area contributed by atoms with E-state index in [1.807, 2.05) is 0 Å². The normalized spacial score (nSPS) is 27.8. The summed E-state index contributed by atoms with van der Waals surface area (Å²) in [6, 6.07) is 0. The van der Waals surface area contributed by atoms with Crippen LogP contribution in [-0.2, 0) is 4.74 Å². The zero-order valence-electron chi connectivity index (χ0n) is 10.3. The predicted octanol–water partition coefficient (Wildman–Crippen LogP) is 2.63. The molecule has 1 saturated heterocycles. The molecule has 1 aliphatic heterocycles. The average molecular weight is 217 g/mol. The minimum absolute atomic E-state index is 0.138. The van der Waals surface area contributed by atoms with Crippen LogP contribution >= 0.6 is 0 Å². The van der Waals surface area contributed by atoms with Gasteiger partial charge >= 0.3 is 0 Å². The third-order valence-electron chi connectivity index (χ3n) is 3.20. The topological polar surface area (TPSA) is 12.5 Å². The zero-order valence-corrected chi connectivity index (χ0v) is 10.3. The monoisotopic (exact) mass is 217 g/mol. The molecular formula is C12H24FNO. The standard InChI is InChI=1S/C12H24FNO/c1-11(2)15-10-12(3)6-4-8-14(12)9-5-7-13/h11H,4-10H2,1-3H3. The Morgan fingerprint density at radius 3 is 2.80 bits per heavy atom. The van der Waals surface area contributed by atoms with E-state index in [0.717, 1.165) is 19.7 Å². The molecular weight excluding hydrogens is 193 g/mol. The van der Waals surface area contributed by atoms with E-state index in [4.69, 9.17) is 4.74 Å². The Bertz CT molecular complexity index is 186. The van der Waals surface area contributed by atoms with E-state index in [9.17, 15) is 4.39 Å². The first-order chi connectivity index (χ1) is 7.08. The molecule has 3 heteroatoms. The van der Waals surface area contributed by atoms with Gasteiger partial charge in [0.05, 0.1) is 19.4 Å². The summed E-state index contributed by atoms with van der Waals surface area (Å²) in [6.07, 6.45) is 3.32. The highest BCUT2D eigenvalue weighted by Crippen LogP contribution is 2.29. The van der Waals surface area contributed by atoms with Crippen LogP contribution in [0.2, 0.25) is 0 Å². The first kappa shape index (κ1) is 12.9. The van der Waals surface area contributed by atoms with Crippen molar-refractivity contribution in [1.29, 1.82) is 0 Å². The summed E-state index contributed by atoms with van der Waals surface area (Å²) >= 11 is 0. The summed E-state index contributed by atoms with van der Waals surface area (Å²) < 4.78 is 17.9. The third-order valence-corrected chi connectivity index (χ3v) is 3.20. The van der Waals surface area contributed by atoms with Gasteiger partial charge in [0, 0.05) is 12.1 Å². The van der Waals surface area contributed by atoms with Crippen LogP contribution < -0.4 is 0 Å². The van der Waals surface area contributed by atoms with Crippen LogP contribution in [0.3, 0.4) is 0 Å². The van der Waals surface area contributed by atoms with Gasteiger partial charge in [0.15, 0.2) is 0 Å². The Kier molecular flexibility index (Phi) is 5.00. The average Bonchev–Trinajstić information content (AvgIpc) is 2.55. The lowest BCUT2D eigenvalue weighted by molar-refractivity contribution is -0.00550. The Balaban J connectivity index is 2.41. The molecule has 1 rings (SSSR count). The molecule has 0 radical (unpaired) electrons. The number of ether oxygens (including phenoxy) is 1. The van der Waals surface area contributed by atoms with Crippen molar-refractivity contribution in [3.8, 4) is 0 Å². The summed E-state index contributed by atoms with van der Waals surface area (Å²) in [4.78, 5) is 2.38.